The highest BCUT2D eigenvalue weighted by molar-refractivity contribution is 8.01. The van der Waals surface area contributed by atoms with E-state index >= 15 is 0 Å². The van der Waals surface area contributed by atoms with E-state index in [0.717, 1.165) is 17.4 Å². The number of Topliss-reactive ketones (excluding diaryl/α,β-unsaturated/α-hetero) is 1. The molecule has 0 bridgehead atoms. The molecule has 0 saturated heterocycles. The van der Waals surface area contributed by atoms with Gasteiger partial charge in [-0.25, -0.2) is 4.98 Å². The number of nitriles is 1. The molecule has 2 heterocycles. The number of aromatic nitrogens is 3. The van der Waals surface area contributed by atoms with E-state index in [4.69, 9.17) is 0 Å². The Bertz CT molecular complexity index is 660. The summed E-state index contributed by atoms with van der Waals surface area (Å²) in [5, 5.41) is 23.3. The minimum Gasteiger partial charge on any atom is -0.360 e. The number of hydrogen-bond donors (Lipinski definition) is 1. The highest BCUT2D eigenvalue weighted by Gasteiger charge is 2.23. The Balaban J connectivity index is 1.95. The Morgan fingerprint density at radius 1 is 1.57 bits per heavy atom. The fourth-order valence-corrected chi connectivity index (χ4v) is 4.06. The largest absolute Gasteiger partial charge is 0.360 e. The molecule has 6 nitrogen and oxygen atoms in total. The molecule has 0 saturated carbocycles. The molecule has 2 aromatic heterocycles. The summed E-state index contributed by atoms with van der Waals surface area (Å²) in [5.74, 6) is -0.758. The normalized spacial score (nSPS) is 11.9. The number of ketones is 1. The monoisotopic (exact) mass is 339 g/mol. The van der Waals surface area contributed by atoms with Crippen molar-refractivity contribution in [3.8, 4) is 6.07 Å². The van der Waals surface area contributed by atoms with Gasteiger partial charge in [-0.15, -0.1) is 21.5 Å². The lowest BCUT2D eigenvalue weighted by Gasteiger charge is -2.03. The molecule has 2 aromatic rings. The molecule has 0 fully saturated rings. The summed E-state index contributed by atoms with van der Waals surface area (Å²) < 4.78 is 0.714. The number of nitrogens with zero attached hydrogens (tertiary/aromatic N) is 4. The number of thioether (sulfide) groups is 1. The summed E-state index contributed by atoms with van der Waals surface area (Å²) in [6.07, 6.45) is 0. The fraction of sp³-hybridized carbons (Fsp3) is 0.417. The number of carbonyl (C=O) groups excluding carboxylic acids is 1. The van der Waals surface area contributed by atoms with Crippen molar-refractivity contribution in [1.29, 1.82) is 5.26 Å². The molecule has 0 unspecified atom stereocenters. The first-order valence-corrected chi connectivity index (χ1v) is 8.86. The number of carbonyl (C=O) groups is 1. The molecule has 1 atom stereocenters. The van der Waals surface area contributed by atoms with E-state index in [2.05, 4.69) is 20.5 Å². The zero-order valence-corrected chi connectivity index (χ0v) is 13.9. The summed E-state index contributed by atoms with van der Waals surface area (Å²) in [6, 6.07) is 2.03. The van der Waals surface area contributed by atoms with Crippen LogP contribution in [0.4, 0.5) is 5.13 Å². The van der Waals surface area contributed by atoms with Crippen LogP contribution in [0.2, 0.25) is 0 Å². The van der Waals surface area contributed by atoms with Crippen LogP contribution in [0.25, 0.3) is 0 Å². The maximum Gasteiger partial charge on any atom is 0.206 e. The van der Waals surface area contributed by atoms with E-state index in [1.807, 2.05) is 25.3 Å². The van der Waals surface area contributed by atoms with Gasteiger partial charge in [0.05, 0.1) is 11.8 Å². The Morgan fingerprint density at radius 3 is 3.00 bits per heavy atom. The molecule has 0 aromatic carbocycles. The molecule has 9 heteroatoms. The summed E-state index contributed by atoms with van der Waals surface area (Å²) in [6.45, 7) is 4.60. The SMILES string of the molecule is CCNc1nnc(SCC(=O)[C@@H](C#N)c2nc(C)cs2)s1. The van der Waals surface area contributed by atoms with Crippen molar-refractivity contribution in [3.63, 3.8) is 0 Å². The number of thiazole rings is 1. The minimum absolute atomic E-state index is 0.156. The second-order valence-electron chi connectivity index (χ2n) is 4.05. The van der Waals surface area contributed by atoms with Crippen molar-refractivity contribution in [2.45, 2.75) is 24.1 Å². The second-order valence-corrected chi connectivity index (χ2v) is 7.14. The van der Waals surface area contributed by atoms with Crippen LogP contribution in [0.1, 0.15) is 23.5 Å². The van der Waals surface area contributed by atoms with Gasteiger partial charge in [-0.1, -0.05) is 23.1 Å². The van der Waals surface area contributed by atoms with Crippen molar-refractivity contribution >= 4 is 45.4 Å². The van der Waals surface area contributed by atoms with Crippen molar-refractivity contribution < 1.29 is 4.79 Å². The number of hydrogen-bond acceptors (Lipinski definition) is 9. The fourth-order valence-electron chi connectivity index (χ4n) is 1.48. The van der Waals surface area contributed by atoms with Gasteiger partial charge in [-0.05, 0) is 13.8 Å². The van der Waals surface area contributed by atoms with Crippen LogP contribution in [-0.2, 0) is 4.79 Å². The first-order valence-electron chi connectivity index (χ1n) is 6.18. The Hall–Kier alpha value is -1.50. The first kappa shape index (κ1) is 15.9. The molecule has 0 aliphatic carbocycles. The highest BCUT2D eigenvalue weighted by Crippen LogP contribution is 2.28. The number of nitrogens with one attached hydrogen (secondary N) is 1. The van der Waals surface area contributed by atoms with Crippen molar-refractivity contribution in [2.24, 2.45) is 0 Å². The summed E-state index contributed by atoms with van der Waals surface area (Å²) in [5.41, 5.74) is 0.829. The topological polar surface area (TPSA) is 91.6 Å². The van der Waals surface area contributed by atoms with Crippen LogP contribution in [0, 0.1) is 18.3 Å². The third-order valence-electron chi connectivity index (χ3n) is 2.41. The third kappa shape index (κ3) is 4.23. The van der Waals surface area contributed by atoms with E-state index < -0.39 is 5.92 Å². The third-order valence-corrected chi connectivity index (χ3v) is 5.47. The lowest BCUT2D eigenvalue weighted by molar-refractivity contribution is -0.116. The van der Waals surface area contributed by atoms with Gasteiger partial charge < -0.3 is 5.32 Å². The maximum atomic E-state index is 12.2. The minimum atomic E-state index is -0.794. The lowest BCUT2D eigenvalue weighted by Crippen LogP contribution is -2.13. The van der Waals surface area contributed by atoms with Gasteiger partial charge in [0, 0.05) is 17.6 Å². The van der Waals surface area contributed by atoms with Crippen LogP contribution in [0.5, 0.6) is 0 Å². The van der Waals surface area contributed by atoms with Gasteiger partial charge in [-0.3, -0.25) is 4.79 Å². The molecule has 1 N–H and O–H groups in total. The second kappa shape index (κ2) is 7.49. The number of anilines is 1. The van der Waals surface area contributed by atoms with Gasteiger partial charge in [0.2, 0.25) is 5.13 Å². The van der Waals surface area contributed by atoms with E-state index in [0.29, 0.717) is 9.35 Å². The average Bonchev–Trinajstić information content (AvgIpc) is 3.07. The standard InChI is InChI=1S/C12H13N5OS3/c1-3-14-11-16-17-12(21-11)20-6-9(18)8(4-13)10-15-7(2)5-19-10/h5,8H,3,6H2,1-2H3,(H,14,16)/t8-/m1/s1. The van der Waals surface area contributed by atoms with Crippen LogP contribution in [-0.4, -0.2) is 33.3 Å². The van der Waals surface area contributed by atoms with E-state index in [1.165, 1.54) is 34.4 Å². The maximum absolute atomic E-state index is 12.2. The zero-order chi connectivity index (χ0) is 15.2. The molecule has 21 heavy (non-hydrogen) atoms. The summed E-state index contributed by atoms with van der Waals surface area (Å²) in [4.78, 5) is 16.4. The molecule has 110 valence electrons. The number of aryl methyl sites for hydroxylation is 1. The van der Waals surface area contributed by atoms with Crippen LogP contribution < -0.4 is 5.32 Å². The van der Waals surface area contributed by atoms with E-state index in [-0.39, 0.29) is 11.5 Å². The molecule has 0 spiro atoms. The smallest absolute Gasteiger partial charge is 0.206 e. The van der Waals surface area contributed by atoms with Crippen LogP contribution in [0.3, 0.4) is 0 Å². The van der Waals surface area contributed by atoms with Crippen LogP contribution in [0.15, 0.2) is 9.72 Å². The van der Waals surface area contributed by atoms with Gasteiger partial charge in [0.15, 0.2) is 16.0 Å². The predicted octanol–water partition coefficient (Wildman–Crippen LogP) is 2.70. The quantitative estimate of drug-likeness (QED) is 0.775. The Morgan fingerprint density at radius 2 is 2.38 bits per heavy atom. The zero-order valence-electron chi connectivity index (χ0n) is 11.5. The number of rotatable bonds is 7. The Labute approximate surface area is 134 Å². The Kier molecular flexibility index (Phi) is 5.67. The van der Waals surface area contributed by atoms with Crippen LogP contribution >= 0.6 is 34.4 Å². The van der Waals surface area contributed by atoms with E-state index in [9.17, 15) is 10.1 Å². The lowest BCUT2D eigenvalue weighted by atomic mass is 10.1. The predicted molar refractivity (Wildman–Crippen MR) is 85.0 cm³/mol. The van der Waals surface area contributed by atoms with Crippen molar-refractivity contribution in [1.82, 2.24) is 15.2 Å². The summed E-state index contributed by atoms with van der Waals surface area (Å²) in [7, 11) is 0. The van der Waals surface area contributed by atoms with Crippen molar-refractivity contribution in [3.05, 3.63) is 16.1 Å². The molecule has 0 amide bonds. The average molecular weight is 339 g/mol. The van der Waals surface area contributed by atoms with Gasteiger partial charge in [0.1, 0.15) is 5.01 Å². The van der Waals surface area contributed by atoms with Gasteiger partial charge >= 0.3 is 0 Å². The summed E-state index contributed by atoms with van der Waals surface area (Å²) >= 11 is 4.05. The van der Waals surface area contributed by atoms with Gasteiger partial charge in [0.25, 0.3) is 0 Å². The molecule has 0 radical (unpaired) electrons. The molecular formula is C12H13N5OS3. The molecular weight excluding hydrogens is 326 g/mol. The van der Waals surface area contributed by atoms with E-state index in [1.54, 1.807) is 0 Å². The molecule has 0 aliphatic heterocycles. The molecule has 2 rings (SSSR count). The van der Waals surface area contributed by atoms with Gasteiger partial charge in [-0.2, -0.15) is 5.26 Å². The first-order chi connectivity index (χ1) is 10.1. The molecule has 0 aliphatic rings. The van der Waals surface area contributed by atoms with Crippen molar-refractivity contribution in [2.75, 3.05) is 17.6 Å². The highest BCUT2D eigenvalue weighted by atomic mass is 32.2.